The Hall–Kier alpha value is -4.28. The van der Waals surface area contributed by atoms with Gasteiger partial charge in [-0.2, -0.15) is 0 Å². The summed E-state index contributed by atoms with van der Waals surface area (Å²) in [5.41, 5.74) is 0.299. The number of likely N-dealkylation sites (tertiary alicyclic amines) is 1. The highest BCUT2D eigenvalue weighted by atomic mass is 16.6. The third-order valence-electron chi connectivity index (χ3n) is 9.40. The fourth-order valence-corrected chi connectivity index (χ4v) is 7.21. The van der Waals surface area contributed by atoms with Crippen LogP contribution in [0.25, 0.3) is 0 Å². The van der Waals surface area contributed by atoms with E-state index in [4.69, 9.17) is 9.47 Å². The predicted molar refractivity (Wildman–Crippen MR) is 169 cm³/mol. The van der Waals surface area contributed by atoms with Gasteiger partial charge in [-0.15, -0.1) is 0 Å². The van der Waals surface area contributed by atoms with Crippen molar-refractivity contribution in [2.45, 2.75) is 62.5 Å². The number of hydrogen-bond donors (Lipinski definition) is 2. The third-order valence-corrected chi connectivity index (χ3v) is 9.40. The van der Waals surface area contributed by atoms with Crippen LogP contribution in [0, 0.1) is 11.8 Å². The molecule has 4 aliphatic heterocycles. The lowest BCUT2D eigenvalue weighted by molar-refractivity contribution is -0.160. The summed E-state index contributed by atoms with van der Waals surface area (Å²) in [6.45, 7) is 1.12. The third kappa shape index (κ3) is 6.24. The minimum absolute atomic E-state index is 0.0462. The highest BCUT2D eigenvalue weighted by Gasteiger charge is 2.71. The van der Waals surface area contributed by atoms with Crippen molar-refractivity contribution in [1.29, 1.82) is 0 Å². The van der Waals surface area contributed by atoms with Gasteiger partial charge in [0.15, 0.2) is 0 Å². The van der Waals surface area contributed by atoms with Gasteiger partial charge in [0.25, 0.3) is 0 Å². The molecule has 10 nitrogen and oxygen atoms in total. The molecule has 6 rings (SSSR count). The van der Waals surface area contributed by atoms with Gasteiger partial charge in [-0.25, -0.2) is 0 Å². The largest absolute Gasteiger partial charge is 0.455 e. The Kier molecular flexibility index (Phi) is 9.65. The van der Waals surface area contributed by atoms with Crippen LogP contribution in [0.2, 0.25) is 0 Å². The zero-order valence-electron chi connectivity index (χ0n) is 25.8. The maximum absolute atomic E-state index is 14.5. The average molecular weight is 628 g/mol. The number of cyclic esters (lactones) is 1. The van der Waals surface area contributed by atoms with Crippen LogP contribution in [-0.2, 0) is 35.2 Å². The number of benzene rings is 2. The molecule has 2 aromatic rings. The summed E-state index contributed by atoms with van der Waals surface area (Å²) < 4.78 is 12.9. The Morgan fingerprint density at radius 1 is 0.913 bits per heavy atom. The van der Waals surface area contributed by atoms with Crippen molar-refractivity contribution in [3.63, 3.8) is 0 Å². The smallest absolute Gasteiger partial charge is 0.313 e. The number of hydrogen-bond acceptors (Lipinski definition) is 7. The van der Waals surface area contributed by atoms with Gasteiger partial charge < -0.3 is 29.7 Å². The first-order valence-corrected chi connectivity index (χ1v) is 16.2. The Morgan fingerprint density at radius 2 is 1.67 bits per heavy atom. The Morgan fingerprint density at radius 3 is 2.43 bits per heavy atom. The molecule has 6 atom stereocenters. The van der Waals surface area contributed by atoms with E-state index >= 15 is 0 Å². The number of fused-ring (bicyclic) bond motifs is 2. The number of carbonyl (C=O) groups is 4. The highest BCUT2D eigenvalue weighted by molar-refractivity contribution is 5.99. The molecule has 0 bridgehead atoms. The molecule has 2 aromatic carbocycles. The predicted octanol–water partition coefficient (Wildman–Crippen LogP) is 3.08. The van der Waals surface area contributed by atoms with Gasteiger partial charge in [-0.3, -0.25) is 19.2 Å². The first kappa shape index (κ1) is 31.7. The normalized spacial score (nSPS) is 30.3. The molecule has 0 radical (unpaired) electrons. The number of allylic oxidation sites excluding steroid dienone is 1. The Labute approximate surface area is 269 Å². The van der Waals surface area contributed by atoms with E-state index in [1.54, 1.807) is 22.0 Å². The number of amides is 3. The van der Waals surface area contributed by atoms with E-state index in [1.807, 2.05) is 72.8 Å². The summed E-state index contributed by atoms with van der Waals surface area (Å²) in [5, 5.41) is 12.2. The number of aliphatic hydroxyl groups is 1. The topological polar surface area (TPSA) is 125 Å². The molecule has 0 aromatic heterocycles. The fraction of sp³-hybridized carbons (Fsp3) is 0.444. The highest BCUT2D eigenvalue weighted by Crippen LogP contribution is 2.53. The second-order valence-electron chi connectivity index (χ2n) is 12.4. The van der Waals surface area contributed by atoms with Crippen molar-refractivity contribution in [3.05, 3.63) is 96.1 Å². The summed E-state index contributed by atoms with van der Waals surface area (Å²) in [7, 11) is 0. The Balaban J connectivity index is 1.38. The lowest BCUT2D eigenvalue weighted by atomic mass is 9.78. The molecule has 0 saturated carbocycles. The van der Waals surface area contributed by atoms with E-state index in [-0.39, 0.29) is 37.3 Å². The van der Waals surface area contributed by atoms with Gasteiger partial charge in [0, 0.05) is 32.7 Å². The molecule has 46 heavy (non-hydrogen) atoms. The van der Waals surface area contributed by atoms with E-state index in [0.717, 1.165) is 11.1 Å². The molecule has 2 saturated heterocycles. The standard InChI is InChI=1S/C36H41N3O7/c40-22-11-3-10-21-39-32-34(43)38(24-25-13-4-1-5-14-25)20-12-19-36(32)31(33(39)42)30-27(46-36)17-8-9-18-29(41)37-23-28(45-35(30)44)26-15-6-2-7-16-26/h1-2,4-8,12-17,19,27-28,30-32,40H,3,9-11,18,20-24H2,(H,37,41)/b17-8-/t27-,28+,30+,31+,32-,36+/m1/s1. The van der Waals surface area contributed by atoms with Crippen LogP contribution in [0.3, 0.4) is 0 Å². The van der Waals surface area contributed by atoms with Gasteiger partial charge in [0.1, 0.15) is 23.7 Å². The van der Waals surface area contributed by atoms with E-state index in [2.05, 4.69) is 5.32 Å². The molecule has 2 N–H and O–H groups in total. The summed E-state index contributed by atoms with van der Waals surface area (Å²) in [6.07, 6.45) is 8.16. The molecule has 0 unspecified atom stereocenters. The van der Waals surface area contributed by atoms with Gasteiger partial charge in [-0.1, -0.05) is 85.0 Å². The number of nitrogens with one attached hydrogen (secondary N) is 1. The quantitative estimate of drug-likeness (QED) is 0.262. The van der Waals surface area contributed by atoms with Crippen LogP contribution < -0.4 is 5.32 Å². The van der Waals surface area contributed by atoms with Crippen LogP contribution in [0.1, 0.15) is 49.3 Å². The minimum atomic E-state index is -1.38. The van der Waals surface area contributed by atoms with Crippen LogP contribution in [0.5, 0.6) is 0 Å². The second kappa shape index (κ2) is 14.0. The lowest BCUT2D eigenvalue weighted by Crippen LogP contribution is -2.55. The molecule has 4 aliphatic rings. The summed E-state index contributed by atoms with van der Waals surface area (Å²) in [6, 6.07) is 17.9. The summed E-state index contributed by atoms with van der Waals surface area (Å²) >= 11 is 0. The van der Waals surface area contributed by atoms with Crippen molar-refractivity contribution in [1.82, 2.24) is 15.1 Å². The van der Waals surface area contributed by atoms with E-state index < -0.39 is 41.7 Å². The molecular weight excluding hydrogens is 586 g/mol. The van der Waals surface area contributed by atoms with Crippen molar-refractivity contribution >= 4 is 23.7 Å². The SMILES string of the molecule is O=C1CC/C=C\[C@H]2O[C@]34C=CCN(Cc5ccccc5)C(=O)[C@H]3N(CCCCCO)C(=O)[C@@H]4[C@H]2C(=O)O[C@H](c2ccccc2)CN1. The number of unbranched alkanes of at least 4 members (excludes halogenated alkanes) is 2. The van der Waals surface area contributed by atoms with E-state index in [9.17, 15) is 24.3 Å². The maximum Gasteiger partial charge on any atom is 0.313 e. The van der Waals surface area contributed by atoms with Crippen LogP contribution in [-0.4, -0.2) is 82.6 Å². The van der Waals surface area contributed by atoms with Crippen LogP contribution in [0.4, 0.5) is 0 Å². The van der Waals surface area contributed by atoms with Crippen molar-refractivity contribution in [2.75, 3.05) is 26.2 Å². The van der Waals surface area contributed by atoms with Crippen LogP contribution >= 0.6 is 0 Å². The van der Waals surface area contributed by atoms with E-state index in [0.29, 0.717) is 45.3 Å². The molecule has 2 fully saturated rings. The first-order chi connectivity index (χ1) is 22.4. The molecule has 0 aliphatic carbocycles. The number of aliphatic hydroxyl groups excluding tert-OH is 1. The zero-order valence-corrected chi connectivity index (χ0v) is 25.8. The summed E-state index contributed by atoms with van der Waals surface area (Å²) in [5.74, 6) is -3.32. The average Bonchev–Trinajstić information content (AvgIpc) is 3.45. The summed E-state index contributed by atoms with van der Waals surface area (Å²) in [4.78, 5) is 59.1. The van der Waals surface area contributed by atoms with Crippen molar-refractivity contribution in [2.24, 2.45) is 11.8 Å². The molecule has 10 heteroatoms. The number of rotatable bonds is 8. The second-order valence-corrected chi connectivity index (χ2v) is 12.4. The molecule has 3 amide bonds. The zero-order chi connectivity index (χ0) is 32.1. The molecule has 242 valence electrons. The molecule has 1 spiro atoms. The number of carbonyl (C=O) groups excluding carboxylic acids is 4. The van der Waals surface area contributed by atoms with Crippen molar-refractivity contribution in [3.8, 4) is 0 Å². The number of nitrogens with zero attached hydrogens (tertiary/aromatic N) is 2. The number of esters is 1. The maximum atomic E-state index is 14.5. The van der Waals surface area contributed by atoms with E-state index in [1.165, 1.54) is 0 Å². The van der Waals surface area contributed by atoms with Crippen LogP contribution in [0.15, 0.2) is 85.0 Å². The lowest BCUT2D eigenvalue weighted by Gasteiger charge is -2.35. The van der Waals surface area contributed by atoms with Gasteiger partial charge in [-0.05, 0) is 36.8 Å². The Bertz CT molecular complexity index is 1480. The monoisotopic (exact) mass is 627 g/mol. The first-order valence-electron chi connectivity index (χ1n) is 16.2. The molecule has 4 heterocycles. The minimum Gasteiger partial charge on any atom is -0.455 e. The number of ether oxygens (including phenoxy) is 2. The van der Waals surface area contributed by atoms with Gasteiger partial charge in [0.2, 0.25) is 17.7 Å². The fourth-order valence-electron chi connectivity index (χ4n) is 7.21. The molecular formula is C36H41N3O7. The van der Waals surface area contributed by atoms with Crippen molar-refractivity contribution < 1.29 is 33.8 Å². The van der Waals surface area contributed by atoms with Gasteiger partial charge >= 0.3 is 5.97 Å². The van der Waals surface area contributed by atoms with Gasteiger partial charge in [0.05, 0.1) is 18.6 Å².